The van der Waals surface area contributed by atoms with E-state index in [-0.39, 0.29) is 23.7 Å². The molecule has 1 amide bonds. The standard InChI is InChI=1S/C16H17F3N2O4S2/c1-27(23,24)15(6-2-3-7-15)13(22)21-14-20-11-5-4-10(8-12(11)26-14)25-9-16(17,18)19/h4-5,8H,2-3,6-7,9H2,1H3,(H,20,21,22). The number of carbonyl (C=O) groups is 1. The van der Waals surface area contributed by atoms with Crippen LogP contribution in [-0.2, 0) is 14.6 Å². The third kappa shape index (κ3) is 4.18. The summed E-state index contributed by atoms with van der Waals surface area (Å²) in [6.45, 7) is -1.40. The highest BCUT2D eigenvalue weighted by atomic mass is 32.2. The number of hydrogen-bond donors (Lipinski definition) is 1. The molecule has 1 N–H and O–H groups in total. The third-order valence-electron chi connectivity index (χ3n) is 4.52. The molecule has 0 bridgehead atoms. The van der Waals surface area contributed by atoms with Gasteiger partial charge in [0.05, 0.1) is 10.2 Å². The van der Waals surface area contributed by atoms with Gasteiger partial charge in [0, 0.05) is 6.26 Å². The van der Waals surface area contributed by atoms with Gasteiger partial charge in [-0.2, -0.15) is 13.2 Å². The molecule has 0 radical (unpaired) electrons. The van der Waals surface area contributed by atoms with Gasteiger partial charge in [0.2, 0.25) is 5.91 Å². The van der Waals surface area contributed by atoms with Crippen LogP contribution in [0.3, 0.4) is 0 Å². The maximum absolute atomic E-state index is 12.7. The van der Waals surface area contributed by atoms with Gasteiger partial charge in [-0.1, -0.05) is 24.2 Å². The number of hydrogen-bond acceptors (Lipinski definition) is 6. The largest absolute Gasteiger partial charge is 0.484 e. The van der Waals surface area contributed by atoms with Gasteiger partial charge >= 0.3 is 6.18 Å². The molecule has 11 heteroatoms. The fraction of sp³-hybridized carbons (Fsp3) is 0.500. The number of nitrogens with one attached hydrogen (secondary N) is 1. The van der Waals surface area contributed by atoms with E-state index in [2.05, 4.69) is 10.3 Å². The minimum Gasteiger partial charge on any atom is -0.484 e. The van der Waals surface area contributed by atoms with Gasteiger partial charge < -0.3 is 10.1 Å². The van der Waals surface area contributed by atoms with Crippen molar-refractivity contribution in [1.29, 1.82) is 0 Å². The van der Waals surface area contributed by atoms with Crippen LogP contribution in [0.2, 0.25) is 0 Å². The molecule has 0 aliphatic heterocycles. The number of nitrogens with zero attached hydrogens (tertiary/aromatic N) is 1. The summed E-state index contributed by atoms with van der Waals surface area (Å²) in [5.74, 6) is -0.583. The minimum atomic E-state index is -4.44. The van der Waals surface area contributed by atoms with Crippen molar-refractivity contribution in [2.24, 2.45) is 0 Å². The van der Waals surface area contributed by atoms with E-state index < -0.39 is 33.3 Å². The predicted octanol–water partition coefficient (Wildman–Crippen LogP) is 3.53. The van der Waals surface area contributed by atoms with Crippen molar-refractivity contribution < 1.29 is 31.1 Å². The van der Waals surface area contributed by atoms with Crippen LogP contribution >= 0.6 is 11.3 Å². The molecule has 2 aromatic rings. The number of carbonyl (C=O) groups excluding carboxylic acids is 1. The molecule has 1 aromatic heterocycles. The fourth-order valence-electron chi connectivity index (χ4n) is 3.14. The Labute approximate surface area is 157 Å². The summed E-state index contributed by atoms with van der Waals surface area (Å²) < 4.78 is 64.9. The number of fused-ring (bicyclic) bond motifs is 1. The number of benzene rings is 1. The molecule has 0 spiro atoms. The Balaban J connectivity index is 1.80. The van der Waals surface area contributed by atoms with E-state index in [1.54, 1.807) is 0 Å². The third-order valence-corrected chi connectivity index (χ3v) is 7.46. The first-order chi connectivity index (χ1) is 12.5. The van der Waals surface area contributed by atoms with Crippen LogP contribution in [-0.4, -0.2) is 43.1 Å². The van der Waals surface area contributed by atoms with Crippen LogP contribution in [0.1, 0.15) is 25.7 Å². The predicted molar refractivity (Wildman–Crippen MR) is 95.8 cm³/mol. The molecular formula is C16H17F3N2O4S2. The molecule has 148 valence electrons. The number of ether oxygens (including phenoxy) is 1. The number of sulfone groups is 1. The van der Waals surface area contributed by atoms with E-state index in [1.165, 1.54) is 18.2 Å². The van der Waals surface area contributed by atoms with Gasteiger partial charge in [-0.15, -0.1) is 0 Å². The van der Waals surface area contributed by atoms with Crippen LogP contribution in [0.15, 0.2) is 18.2 Å². The van der Waals surface area contributed by atoms with Gasteiger partial charge in [-0.3, -0.25) is 4.79 Å². The minimum absolute atomic E-state index is 0.0322. The lowest BCUT2D eigenvalue weighted by Gasteiger charge is -2.24. The monoisotopic (exact) mass is 422 g/mol. The van der Waals surface area contributed by atoms with Gasteiger partial charge in [0.1, 0.15) is 5.75 Å². The smallest absolute Gasteiger partial charge is 0.422 e. The van der Waals surface area contributed by atoms with Crippen LogP contribution < -0.4 is 10.1 Å². The van der Waals surface area contributed by atoms with E-state index in [1.807, 2.05) is 0 Å². The quantitative estimate of drug-likeness (QED) is 0.797. The Morgan fingerprint density at radius 1 is 1.33 bits per heavy atom. The first kappa shape index (κ1) is 19.9. The molecular weight excluding hydrogens is 405 g/mol. The number of thiazole rings is 1. The lowest BCUT2D eigenvalue weighted by atomic mass is 10.1. The number of amides is 1. The number of aromatic nitrogens is 1. The average Bonchev–Trinajstić information content (AvgIpc) is 3.18. The Hall–Kier alpha value is -1.88. The molecule has 6 nitrogen and oxygen atoms in total. The summed E-state index contributed by atoms with van der Waals surface area (Å²) in [7, 11) is -3.60. The molecule has 27 heavy (non-hydrogen) atoms. The number of anilines is 1. The first-order valence-corrected chi connectivity index (χ1v) is 10.8. The van der Waals surface area contributed by atoms with Gasteiger partial charge in [0.25, 0.3) is 0 Å². The molecule has 1 aliphatic rings. The maximum atomic E-state index is 12.7. The topological polar surface area (TPSA) is 85.4 Å². The van der Waals surface area contributed by atoms with Crippen molar-refractivity contribution in [1.82, 2.24) is 4.98 Å². The molecule has 1 fully saturated rings. The number of halogens is 3. The molecule has 0 unspecified atom stereocenters. The highest BCUT2D eigenvalue weighted by molar-refractivity contribution is 7.93. The average molecular weight is 422 g/mol. The van der Waals surface area contributed by atoms with Crippen LogP contribution in [0.25, 0.3) is 10.2 Å². The molecule has 1 aromatic carbocycles. The second kappa shape index (κ2) is 6.93. The summed E-state index contributed by atoms with van der Waals surface area (Å²) in [6.07, 6.45) is -1.56. The van der Waals surface area contributed by atoms with Gasteiger partial charge in [-0.25, -0.2) is 13.4 Å². The summed E-state index contributed by atoms with van der Waals surface area (Å²) >= 11 is 1.04. The Kier molecular flexibility index (Phi) is 5.10. The van der Waals surface area contributed by atoms with Crippen molar-refractivity contribution in [3.63, 3.8) is 0 Å². The first-order valence-electron chi connectivity index (χ1n) is 8.11. The summed E-state index contributed by atoms with van der Waals surface area (Å²) in [5.41, 5.74) is 0.467. The van der Waals surface area contributed by atoms with Crippen molar-refractivity contribution in [3.05, 3.63) is 18.2 Å². The van der Waals surface area contributed by atoms with E-state index in [4.69, 9.17) is 4.74 Å². The van der Waals surface area contributed by atoms with E-state index in [9.17, 15) is 26.4 Å². The summed E-state index contributed by atoms with van der Waals surface area (Å²) in [6, 6.07) is 4.24. The van der Waals surface area contributed by atoms with Crippen molar-refractivity contribution in [3.8, 4) is 5.75 Å². The lowest BCUT2D eigenvalue weighted by Crippen LogP contribution is -2.46. The van der Waals surface area contributed by atoms with Crippen LogP contribution in [0, 0.1) is 0 Å². The van der Waals surface area contributed by atoms with E-state index >= 15 is 0 Å². The molecule has 0 atom stereocenters. The van der Waals surface area contributed by atoms with Gasteiger partial charge in [0.15, 0.2) is 26.3 Å². The zero-order valence-electron chi connectivity index (χ0n) is 14.3. The van der Waals surface area contributed by atoms with Gasteiger partial charge in [-0.05, 0) is 31.0 Å². The molecule has 0 saturated heterocycles. The Bertz CT molecular complexity index is 964. The van der Waals surface area contributed by atoms with Crippen molar-refractivity contribution >= 4 is 42.4 Å². The zero-order chi connectivity index (χ0) is 19.9. The normalized spacial score (nSPS) is 17.2. The van der Waals surface area contributed by atoms with Crippen molar-refractivity contribution in [2.45, 2.75) is 36.6 Å². The molecule has 1 heterocycles. The van der Waals surface area contributed by atoms with E-state index in [0.717, 1.165) is 17.6 Å². The molecule has 3 rings (SSSR count). The van der Waals surface area contributed by atoms with Crippen LogP contribution in [0.4, 0.5) is 18.3 Å². The second-order valence-corrected chi connectivity index (χ2v) is 9.84. The van der Waals surface area contributed by atoms with Crippen molar-refractivity contribution in [2.75, 3.05) is 18.2 Å². The second-order valence-electron chi connectivity index (χ2n) is 6.48. The molecule has 1 saturated carbocycles. The Morgan fingerprint density at radius 2 is 2.00 bits per heavy atom. The summed E-state index contributed by atoms with van der Waals surface area (Å²) in [5, 5.41) is 2.76. The summed E-state index contributed by atoms with van der Waals surface area (Å²) in [4.78, 5) is 16.9. The Morgan fingerprint density at radius 3 is 2.59 bits per heavy atom. The highest BCUT2D eigenvalue weighted by Gasteiger charge is 2.50. The zero-order valence-corrected chi connectivity index (χ0v) is 15.9. The van der Waals surface area contributed by atoms with Crippen LogP contribution in [0.5, 0.6) is 5.75 Å². The highest BCUT2D eigenvalue weighted by Crippen LogP contribution is 2.38. The maximum Gasteiger partial charge on any atom is 0.422 e. The number of rotatable bonds is 5. The number of alkyl halides is 3. The van der Waals surface area contributed by atoms with E-state index in [0.29, 0.717) is 23.1 Å². The lowest BCUT2D eigenvalue weighted by molar-refractivity contribution is -0.153. The molecule has 1 aliphatic carbocycles. The SMILES string of the molecule is CS(=O)(=O)C1(C(=O)Nc2nc3ccc(OCC(F)(F)F)cc3s2)CCCC1. The fourth-order valence-corrected chi connectivity index (χ4v) is 5.44.